The van der Waals surface area contributed by atoms with Crippen LogP contribution in [0.25, 0.3) is 0 Å². The Morgan fingerprint density at radius 3 is 2.55 bits per heavy atom. The molecule has 0 N–H and O–H groups in total. The third-order valence-electron chi connectivity index (χ3n) is 3.26. The first-order valence-electron chi connectivity index (χ1n) is 6.14. The van der Waals surface area contributed by atoms with Crippen LogP contribution < -0.4 is 0 Å². The van der Waals surface area contributed by atoms with E-state index in [0.29, 0.717) is 5.56 Å². The second-order valence-electron chi connectivity index (χ2n) is 4.55. The zero-order chi connectivity index (χ0) is 14.1. The summed E-state index contributed by atoms with van der Waals surface area (Å²) in [4.78, 5) is 12.0. The van der Waals surface area contributed by atoms with E-state index < -0.39 is 0 Å². The van der Waals surface area contributed by atoms with Crippen molar-refractivity contribution in [3.8, 4) is 0 Å². The van der Waals surface area contributed by atoms with Gasteiger partial charge in [0.1, 0.15) is 6.04 Å². The van der Waals surface area contributed by atoms with Gasteiger partial charge in [0.2, 0.25) is 0 Å². The summed E-state index contributed by atoms with van der Waals surface area (Å²) < 4.78 is 2.05. The van der Waals surface area contributed by atoms with Crippen molar-refractivity contribution >= 4 is 51.1 Å². The molecule has 0 radical (unpaired) electrons. The Hall–Kier alpha value is -0.830. The predicted molar refractivity (Wildman–Crippen MR) is 93.9 cm³/mol. The van der Waals surface area contributed by atoms with Crippen molar-refractivity contribution in [2.75, 3.05) is 0 Å². The number of nitrogens with zero attached hydrogens (tertiary/aromatic N) is 2. The van der Waals surface area contributed by atoms with Crippen molar-refractivity contribution in [3.63, 3.8) is 0 Å². The van der Waals surface area contributed by atoms with Gasteiger partial charge in [-0.1, -0.05) is 36.4 Å². The molecule has 0 saturated carbocycles. The molecule has 1 aliphatic rings. The summed E-state index contributed by atoms with van der Waals surface area (Å²) in [7, 11) is 0. The summed E-state index contributed by atoms with van der Waals surface area (Å²) in [6.45, 7) is 0. The minimum Gasteiger partial charge on any atom is -0.265 e. The first kappa shape index (κ1) is 14.1. The lowest BCUT2D eigenvalue weighted by atomic mass is 9.94. The van der Waals surface area contributed by atoms with Crippen LogP contribution in [0.4, 0.5) is 0 Å². The Morgan fingerprint density at radius 2 is 1.80 bits per heavy atom. The Bertz CT molecular complexity index is 699. The fourth-order valence-corrected chi connectivity index (χ4v) is 3.45. The van der Waals surface area contributed by atoms with Gasteiger partial charge in [-0.15, -0.1) is 5.11 Å². The number of carbonyl (C=O) groups excluding carboxylic acids is 1. The van der Waals surface area contributed by atoms with E-state index in [1.54, 1.807) is 0 Å². The van der Waals surface area contributed by atoms with Gasteiger partial charge in [-0.05, 0) is 62.4 Å². The van der Waals surface area contributed by atoms with Gasteiger partial charge >= 0.3 is 0 Å². The maximum atomic E-state index is 12.0. The highest BCUT2D eigenvalue weighted by Gasteiger charge is 2.27. The molecule has 1 aliphatic heterocycles. The van der Waals surface area contributed by atoms with Crippen molar-refractivity contribution in [3.05, 3.63) is 66.3 Å². The van der Waals surface area contributed by atoms with Crippen LogP contribution in [0.3, 0.4) is 0 Å². The molecule has 2 aromatic rings. The first-order chi connectivity index (χ1) is 9.66. The third-order valence-corrected chi connectivity index (χ3v) is 6.31. The van der Waals surface area contributed by atoms with E-state index in [0.717, 1.165) is 19.1 Å². The molecule has 5 heteroatoms. The van der Waals surface area contributed by atoms with Crippen molar-refractivity contribution in [2.24, 2.45) is 10.2 Å². The predicted octanol–water partition coefficient (Wildman–Crippen LogP) is 4.79. The highest BCUT2D eigenvalue weighted by atomic mass is 127. The topological polar surface area (TPSA) is 41.8 Å². The van der Waals surface area contributed by atoms with Crippen molar-refractivity contribution < 1.29 is 4.79 Å². The second-order valence-corrected chi connectivity index (χ2v) is 6.79. The van der Waals surface area contributed by atoms with E-state index in [1.165, 1.54) is 5.56 Å². The molecule has 1 unspecified atom stereocenters. The highest BCUT2D eigenvalue weighted by molar-refractivity contribution is 14.1. The average Bonchev–Trinajstić information content (AvgIpc) is 2.46. The fraction of sp³-hybridized carbons (Fsp3) is 0.133. The van der Waals surface area contributed by atoms with E-state index in [9.17, 15) is 4.79 Å². The number of hydrogen-bond donors (Lipinski definition) is 0. The highest BCUT2D eigenvalue weighted by Crippen LogP contribution is 2.34. The first-order valence-corrected chi connectivity index (χ1v) is 8.29. The second kappa shape index (κ2) is 5.88. The maximum Gasteiger partial charge on any atom is 0.296 e. The quantitative estimate of drug-likeness (QED) is 0.562. The molecule has 1 amide bonds. The SMILES string of the molecule is O=C1N=NC(Cc2ccccc2)c2ccc(I)c(I)c21. The minimum absolute atomic E-state index is 0.0735. The average molecular weight is 488 g/mol. The molecule has 0 spiro atoms. The van der Waals surface area contributed by atoms with E-state index in [-0.39, 0.29) is 11.9 Å². The standard InChI is InChI=1S/C15H10I2N2O/c16-11-7-6-10-12(8-9-4-2-1-3-5-9)18-19-15(20)13(10)14(11)17/h1-7,12H,8H2. The van der Waals surface area contributed by atoms with Gasteiger partial charge in [0, 0.05) is 13.6 Å². The van der Waals surface area contributed by atoms with Crippen LogP contribution in [0.1, 0.15) is 27.5 Å². The number of azo groups is 1. The molecular formula is C15H10I2N2O. The van der Waals surface area contributed by atoms with Crippen molar-refractivity contribution in [1.29, 1.82) is 0 Å². The molecule has 2 aromatic carbocycles. The minimum atomic E-state index is -0.229. The van der Waals surface area contributed by atoms with Gasteiger partial charge in [-0.25, -0.2) is 0 Å². The largest absolute Gasteiger partial charge is 0.296 e. The molecule has 3 nitrogen and oxygen atoms in total. The molecule has 0 bridgehead atoms. The maximum absolute atomic E-state index is 12.0. The van der Waals surface area contributed by atoms with Gasteiger partial charge in [-0.2, -0.15) is 5.11 Å². The van der Waals surface area contributed by atoms with E-state index in [2.05, 4.69) is 67.5 Å². The van der Waals surface area contributed by atoms with Crippen molar-refractivity contribution in [1.82, 2.24) is 0 Å². The van der Waals surface area contributed by atoms with Gasteiger partial charge in [0.05, 0.1) is 5.56 Å². The summed E-state index contributed by atoms with van der Waals surface area (Å²) in [5, 5.41) is 8.02. The Kier molecular flexibility index (Phi) is 4.16. The molecule has 100 valence electrons. The molecule has 3 rings (SSSR count). The zero-order valence-corrected chi connectivity index (χ0v) is 14.7. The normalized spacial score (nSPS) is 17.1. The van der Waals surface area contributed by atoms with E-state index in [4.69, 9.17) is 0 Å². The van der Waals surface area contributed by atoms with Crippen LogP contribution in [0, 0.1) is 7.14 Å². The fourth-order valence-electron chi connectivity index (χ4n) is 2.28. The van der Waals surface area contributed by atoms with Crippen LogP contribution in [0.15, 0.2) is 52.7 Å². The number of benzene rings is 2. The Labute approximate surface area is 144 Å². The van der Waals surface area contributed by atoms with Crippen LogP contribution in [-0.4, -0.2) is 5.91 Å². The van der Waals surface area contributed by atoms with Crippen molar-refractivity contribution in [2.45, 2.75) is 12.5 Å². The summed E-state index contributed by atoms with van der Waals surface area (Å²) in [6.07, 6.45) is 0.765. The lowest BCUT2D eigenvalue weighted by molar-refractivity contribution is 0.0983. The summed E-state index contributed by atoms with van der Waals surface area (Å²) in [5.74, 6) is -0.229. The molecule has 0 saturated heterocycles. The number of amides is 1. The van der Waals surface area contributed by atoms with Crippen LogP contribution in [-0.2, 0) is 6.42 Å². The lowest BCUT2D eigenvalue weighted by Gasteiger charge is -2.19. The molecular weight excluding hydrogens is 478 g/mol. The molecule has 0 fully saturated rings. The molecule has 1 heterocycles. The van der Waals surface area contributed by atoms with Crippen LogP contribution in [0.2, 0.25) is 0 Å². The lowest BCUT2D eigenvalue weighted by Crippen LogP contribution is -2.14. The Morgan fingerprint density at radius 1 is 1.05 bits per heavy atom. The van der Waals surface area contributed by atoms with Gasteiger partial charge in [-0.3, -0.25) is 4.79 Å². The van der Waals surface area contributed by atoms with E-state index in [1.807, 2.05) is 30.3 Å². The monoisotopic (exact) mass is 488 g/mol. The zero-order valence-electron chi connectivity index (χ0n) is 10.4. The number of halogens is 2. The molecule has 0 aromatic heterocycles. The van der Waals surface area contributed by atoms with Crippen LogP contribution >= 0.6 is 45.2 Å². The van der Waals surface area contributed by atoms with E-state index >= 15 is 0 Å². The summed E-state index contributed by atoms with van der Waals surface area (Å²) >= 11 is 4.45. The number of fused-ring (bicyclic) bond motifs is 1. The number of carbonyl (C=O) groups is 1. The molecule has 1 atom stereocenters. The van der Waals surface area contributed by atoms with Gasteiger partial charge in [0.25, 0.3) is 5.91 Å². The van der Waals surface area contributed by atoms with Crippen LogP contribution in [0.5, 0.6) is 0 Å². The number of rotatable bonds is 2. The molecule has 0 aliphatic carbocycles. The Balaban J connectivity index is 2.02. The summed E-state index contributed by atoms with van der Waals surface area (Å²) in [5.41, 5.74) is 2.90. The molecule has 20 heavy (non-hydrogen) atoms. The number of hydrogen-bond acceptors (Lipinski definition) is 2. The van der Waals surface area contributed by atoms with Gasteiger partial charge in [0.15, 0.2) is 0 Å². The third kappa shape index (κ3) is 2.65. The smallest absolute Gasteiger partial charge is 0.265 e. The van der Waals surface area contributed by atoms with Gasteiger partial charge < -0.3 is 0 Å². The summed E-state index contributed by atoms with van der Waals surface area (Å²) in [6, 6.07) is 14.1.